The first-order chi connectivity index (χ1) is 7.60. The summed E-state index contributed by atoms with van der Waals surface area (Å²) in [6, 6.07) is 7.37. The zero-order valence-electron chi connectivity index (χ0n) is 10.0. The highest BCUT2D eigenvalue weighted by Gasteiger charge is 2.19. The Balaban J connectivity index is 2.94. The average molecular weight is 221 g/mol. The van der Waals surface area contributed by atoms with E-state index >= 15 is 0 Å². The SMILES string of the molecule is CCN(c1cccc(N)c1)C(C)C(=O)NC. The first-order valence-corrected chi connectivity index (χ1v) is 5.44. The van der Waals surface area contributed by atoms with Gasteiger partial charge in [0.1, 0.15) is 6.04 Å². The normalized spacial score (nSPS) is 11.9. The van der Waals surface area contributed by atoms with Gasteiger partial charge in [0.25, 0.3) is 0 Å². The van der Waals surface area contributed by atoms with E-state index in [4.69, 9.17) is 5.73 Å². The van der Waals surface area contributed by atoms with Crippen molar-refractivity contribution >= 4 is 17.3 Å². The van der Waals surface area contributed by atoms with Crippen LogP contribution in [0.25, 0.3) is 0 Å². The highest BCUT2D eigenvalue weighted by Crippen LogP contribution is 2.19. The molecule has 1 amide bonds. The number of carbonyl (C=O) groups is 1. The molecule has 0 spiro atoms. The quantitative estimate of drug-likeness (QED) is 0.752. The second-order valence-electron chi connectivity index (χ2n) is 3.67. The maximum atomic E-state index is 11.6. The Morgan fingerprint density at radius 2 is 2.25 bits per heavy atom. The lowest BCUT2D eigenvalue weighted by Gasteiger charge is -2.29. The third-order valence-electron chi connectivity index (χ3n) is 2.64. The molecule has 0 radical (unpaired) electrons. The predicted molar refractivity (Wildman–Crippen MR) is 67.4 cm³/mol. The van der Waals surface area contributed by atoms with Crippen LogP contribution >= 0.6 is 0 Å². The minimum absolute atomic E-state index is 0.00396. The average Bonchev–Trinajstić information content (AvgIpc) is 2.29. The van der Waals surface area contributed by atoms with Crippen molar-refractivity contribution in [3.05, 3.63) is 24.3 Å². The zero-order chi connectivity index (χ0) is 12.1. The van der Waals surface area contributed by atoms with Crippen LogP contribution in [0.1, 0.15) is 13.8 Å². The minimum Gasteiger partial charge on any atom is -0.399 e. The molecular formula is C12H19N3O. The second-order valence-corrected chi connectivity index (χ2v) is 3.67. The highest BCUT2D eigenvalue weighted by molar-refractivity contribution is 5.84. The van der Waals surface area contributed by atoms with Crippen molar-refractivity contribution in [2.24, 2.45) is 0 Å². The Kier molecular flexibility index (Phi) is 4.17. The topological polar surface area (TPSA) is 58.4 Å². The van der Waals surface area contributed by atoms with Crippen molar-refractivity contribution in [3.63, 3.8) is 0 Å². The summed E-state index contributed by atoms with van der Waals surface area (Å²) >= 11 is 0. The van der Waals surface area contributed by atoms with Crippen LogP contribution in [0.15, 0.2) is 24.3 Å². The fraction of sp³-hybridized carbons (Fsp3) is 0.417. The van der Waals surface area contributed by atoms with Gasteiger partial charge in [0.2, 0.25) is 5.91 Å². The van der Waals surface area contributed by atoms with Gasteiger partial charge in [0.15, 0.2) is 0 Å². The van der Waals surface area contributed by atoms with Crippen LogP contribution in [0, 0.1) is 0 Å². The number of nitrogens with one attached hydrogen (secondary N) is 1. The van der Waals surface area contributed by atoms with Gasteiger partial charge in [-0.3, -0.25) is 4.79 Å². The lowest BCUT2D eigenvalue weighted by Crippen LogP contribution is -2.44. The fourth-order valence-electron chi connectivity index (χ4n) is 1.73. The molecule has 0 aliphatic heterocycles. The minimum atomic E-state index is -0.197. The molecule has 1 aromatic carbocycles. The summed E-state index contributed by atoms with van der Waals surface area (Å²) in [7, 11) is 1.64. The lowest BCUT2D eigenvalue weighted by molar-refractivity contribution is -0.121. The van der Waals surface area contributed by atoms with E-state index in [0.29, 0.717) is 5.69 Å². The number of amides is 1. The fourth-order valence-corrected chi connectivity index (χ4v) is 1.73. The molecule has 16 heavy (non-hydrogen) atoms. The molecule has 0 heterocycles. The number of hydrogen-bond donors (Lipinski definition) is 2. The van der Waals surface area contributed by atoms with E-state index in [1.165, 1.54) is 0 Å². The first kappa shape index (κ1) is 12.4. The molecule has 88 valence electrons. The Morgan fingerprint density at radius 3 is 2.75 bits per heavy atom. The van der Waals surface area contributed by atoms with Crippen molar-refractivity contribution in [2.75, 3.05) is 24.2 Å². The number of nitrogen functional groups attached to an aromatic ring is 1. The van der Waals surface area contributed by atoms with Crippen LogP contribution in [-0.4, -0.2) is 25.5 Å². The molecule has 1 rings (SSSR count). The number of nitrogens with two attached hydrogens (primary N) is 1. The number of likely N-dealkylation sites (N-methyl/N-ethyl adjacent to an activating group) is 2. The molecule has 3 N–H and O–H groups in total. The van der Waals surface area contributed by atoms with Gasteiger partial charge in [-0.2, -0.15) is 0 Å². The summed E-state index contributed by atoms with van der Waals surface area (Å²) in [5.74, 6) is 0.00396. The molecule has 0 saturated carbocycles. The van der Waals surface area contributed by atoms with Crippen molar-refractivity contribution in [2.45, 2.75) is 19.9 Å². The van der Waals surface area contributed by atoms with Crippen molar-refractivity contribution in [3.8, 4) is 0 Å². The molecule has 4 heteroatoms. The van der Waals surface area contributed by atoms with Gasteiger partial charge in [-0.25, -0.2) is 0 Å². The Hall–Kier alpha value is -1.71. The third-order valence-corrected chi connectivity index (χ3v) is 2.64. The molecule has 0 aliphatic rings. The Morgan fingerprint density at radius 1 is 1.56 bits per heavy atom. The molecule has 1 aromatic rings. The van der Waals surface area contributed by atoms with Gasteiger partial charge in [-0.05, 0) is 32.0 Å². The third kappa shape index (κ3) is 2.66. The van der Waals surface area contributed by atoms with Gasteiger partial charge in [0.05, 0.1) is 0 Å². The number of anilines is 2. The number of rotatable bonds is 4. The van der Waals surface area contributed by atoms with E-state index in [-0.39, 0.29) is 11.9 Å². The van der Waals surface area contributed by atoms with Gasteiger partial charge >= 0.3 is 0 Å². The smallest absolute Gasteiger partial charge is 0.242 e. The summed E-state index contributed by atoms with van der Waals surface area (Å²) < 4.78 is 0. The van der Waals surface area contributed by atoms with Crippen LogP contribution < -0.4 is 16.0 Å². The summed E-state index contributed by atoms with van der Waals surface area (Å²) in [6.07, 6.45) is 0. The molecule has 0 aromatic heterocycles. The largest absolute Gasteiger partial charge is 0.399 e. The van der Waals surface area contributed by atoms with Gasteiger partial charge in [-0.1, -0.05) is 6.07 Å². The molecular weight excluding hydrogens is 202 g/mol. The van der Waals surface area contributed by atoms with Crippen LogP contribution in [0.2, 0.25) is 0 Å². The van der Waals surface area contributed by atoms with E-state index in [1.54, 1.807) is 7.05 Å². The molecule has 1 atom stereocenters. The summed E-state index contributed by atoms with van der Waals surface area (Å²) in [6.45, 7) is 4.66. The molecule has 0 fully saturated rings. The zero-order valence-corrected chi connectivity index (χ0v) is 10.0. The molecule has 4 nitrogen and oxygen atoms in total. The number of nitrogens with zero attached hydrogens (tertiary/aromatic N) is 1. The summed E-state index contributed by atoms with van der Waals surface area (Å²) in [5.41, 5.74) is 7.41. The van der Waals surface area contributed by atoms with Crippen LogP contribution in [-0.2, 0) is 4.79 Å². The maximum Gasteiger partial charge on any atom is 0.242 e. The summed E-state index contributed by atoms with van der Waals surface area (Å²) in [4.78, 5) is 13.6. The molecule has 0 saturated heterocycles. The van der Waals surface area contributed by atoms with Crippen LogP contribution in [0.3, 0.4) is 0 Å². The number of hydrogen-bond acceptors (Lipinski definition) is 3. The van der Waals surface area contributed by atoms with E-state index in [1.807, 2.05) is 43.0 Å². The van der Waals surface area contributed by atoms with E-state index in [9.17, 15) is 4.79 Å². The highest BCUT2D eigenvalue weighted by atomic mass is 16.2. The van der Waals surface area contributed by atoms with Gasteiger partial charge in [0, 0.05) is 25.0 Å². The van der Waals surface area contributed by atoms with Crippen molar-refractivity contribution < 1.29 is 4.79 Å². The van der Waals surface area contributed by atoms with Crippen molar-refractivity contribution in [1.29, 1.82) is 0 Å². The van der Waals surface area contributed by atoms with Gasteiger partial charge in [-0.15, -0.1) is 0 Å². The number of carbonyl (C=O) groups excluding carboxylic acids is 1. The number of benzene rings is 1. The lowest BCUT2D eigenvalue weighted by atomic mass is 10.2. The predicted octanol–water partition coefficient (Wildman–Crippen LogP) is 1.23. The van der Waals surface area contributed by atoms with Crippen molar-refractivity contribution in [1.82, 2.24) is 5.32 Å². The molecule has 1 unspecified atom stereocenters. The van der Waals surface area contributed by atoms with Crippen LogP contribution in [0.4, 0.5) is 11.4 Å². The molecule has 0 aliphatic carbocycles. The molecule has 0 bridgehead atoms. The van der Waals surface area contributed by atoms with E-state index in [2.05, 4.69) is 5.32 Å². The van der Waals surface area contributed by atoms with Gasteiger partial charge < -0.3 is 16.0 Å². The first-order valence-electron chi connectivity index (χ1n) is 5.44. The van der Waals surface area contributed by atoms with Crippen LogP contribution in [0.5, 0.6) is 0 Å². The summed E-state index contributed by atoms with van der Waals surface area (Å²) in [5, 5.41) is 2.65. The monoisotopic (exact) mass is 221 g/mol. The Labute approximate surface area is 96.4 Å². The second kappa shape index (κ2) is 5.39. The van der Waals surface area contributed by atoms with E-state index in [0.717, 1.165) is 12.2 Å². The maximum absolute atomic E-state index is 11.6. The Bertz CT molecular complexity index is 365. The van der Waals surface area contributed by atoms with E-state index < -0.39 is 0 Å². The standard InChI is InChI=1S/C12H19N3O/c1-4-15(9(2)12(16)14-3)11-7-5-6-10(13)8-11/h5-9H,4,13H2,1-3H3,(H,14,16).